The fourth-order valence-corrected chi connectivity index (χ4v) is 6.97. The Hall–Kier alpha value is -6.72. The molecule has 7 aromatic carbocycles. The molecule has 2 heterocycles. The SMILES string of the molecule is C=Nc1oc2cccc(-c3cccc4c(-c5nc(-c6ccc7ccccc7c6)nc(-c6ccc7ccccc7c6)n5)cccc34)c2c1/C=C\C. The van der Waals surface area contributed by atoms with E-state index in [1.54, 1.807) is 0 Å². The first kappa shape index (κ1) is 29.4. The molecule has 0 amide bonds. The van der Waals surface area contributed by atoms with Gasteiger partial charge in [0.15, 0.2) is 17.5 Å². The molecule has 0 aliphatic rings. The molecule has 50 heavy (non-hydrogen) atoms. The van der Waals surface area contributed by atoms with Crippen molar-refractivity contribution in [3.63, 3.8) is 0 Å². The van der Waals surface area contributed by atoms with Gasteiger partial charge in [0.2, 0.25) is 5.88 Å². The first-order valence-corrected chi connectivity index (χ1v) is 16.6. The van der Waals surface area contributed by atoms with Gasteiger partial charge in [0.1, 0.15) is 5.58 Å². The van der Waals surface area contributed by atoms with E-state index in [0.29, 0.717) is 23.4 Å². The topological polar surface area (TPSA) is 64.2 Å². The molecular weight excluding hydrogens is 613 g/mol. The predicted octanol–water partition coefficient (Wildman–Crippen LogP) is 12.1. The number of allylic oxidation sites excluding steroid dienone is 1. The van der Waals surface area contributed by atoms with E-state index in [4.69, 9.17) is 19.4 Å². The number of hydrogen-bond acceptors (Lipinski definition) is 5. The Morgan fingerprint density at radius 3 is 1.70 bits per heavy atom. The lowest BCUT2D eigenvalue weighted by atomic mass is 9.92. The average Bonchev–Trinajstić information content (AvgIpc) is 3.54. The van der Waals surface area contributed by atoms with Crippen LogP contribution in [0.5, 0.6) is 0 Å². The number of nitrogens with zero attached hydrogens (tertiary/aromatic N) is 4. The van der Waals surface area contributed by atoms with Crippen LogP contribution >= 0.6 is 0 Å². The molecule has 236 valence electrons. The molecule has 0 spiro atoms. The monoisotopic (exact) mass is 642 g/mol. The Morgan fingerprint density at radius 1 is 0.540 bits per heavy atom. The first-order valence-electron chi connectivity index (χ1n) is 16.6. The van der Waals surface area contributed by atoms with E-state index in [-0.39, 0.29) is 0 Å². The van der Waals surface area contributed by atoms with Crippen molar-refractivity contribution in [3.8, 4) is 45.3 Å². The van der Waals surface area contributed by atoms with Crippen LogP contribution in [0.15, 0.2) is 155 Å². The third kappa shape index (κ3) is 4.95. The Bertz CT molecular complexity index is 2710. The van der Waals surface area contributed by atoms with Gasteiger partial charge in [0, 0.05) is 27.6 Å². The summed E-state index contributed by atoms with van der Waals surface area (Å²) in [5.41, 5.74) is 6.62. The molecule has 0 unspecified atom stereocenters. The van der Waals surface area contributed by atoms with Gasteiger partial charge in [-0.25, -0.2) is 19.9 Å². The maximum absolute atomic E-state index is 6.12. The zero-order valence-corrected chi connectivity index (χ0v) is 27.3. The van der Waals surface area contributed by atoms with E-state index in [0.717, 1.165) is 65.9 Å². The summed E-state index contributed by atoms with van der Waals surface area (Å²) >= 11 is 0. The highest BCUT2D eigenvalue weighted by Crippen LogP contribution is 2.42. The number of aliphatic imine (C=N–C) groups is 1. The van der Waals surface area contributed by atoms with Crippen molar-refractivity contribution in [3.05, 3.63) is 151 Å². The van der Waals surface area contributed by atoms with Crippen molar-refractivity contribution < 1.29 is 4.42 Å². The van der Waals surface area contributed by atoms with Crippen LogP contribution in [0, 0.1) is 0 Å². The number of fused-ring (bicyclic) bond motifs is 4. The fraction of sp³-hybridized carbons (Fsp3) is 0.0222. The second-order valence-corrected chi connectivity index (χ2v) is 12.3. The van der Waals surface area contributed by atoms with Gasteiger partial charge in [-0.2, -0.15) is 0 Å². The third-order valence-electron chi connectivity index (χ3n) is 9.31. The quantitative estimate of drug-likeness (QED) is 0.169. The highest BCUT2D eigenvalue weighted by Gasteiger charge is 2.19. The van der Waals surface area contributed by atoms with Gasteiger partial charge in [-0.3, -0.25) is 0 Å². The lowest BCUT2D eigenvalue weighted by Gasteiger charge is -2.13. The van der Waals surface area contributed by atoms with Crippen molar-refractivity contribution in [1.82, 2.24) is 15.0 Å². The van der Waals surface area contributed by atoms with Gasteiger partial charge in [0.25, 0.3) is 0 Å². The van der Waals surface area contributed by atoms with Crippen molar-refractivity contribution in [2.45, 2.75) is 6.92 Å². The molecule has 0 radical (unpaired) electrons. The van der Waals surface area contributed by atoms with Gasteiger partial charge in [-0.15, -0.1) is 0 Å². The van der Waals surface area contributed by atoms with Gasteiger partial charge in [0.05, 0.1) is 0 Å². The number of furan rings is 1. The predicted molar refractivity (Wildman–Crippen MR) is 208 cm³/mol. The van der Waals surface area contributed by atoms with Gasteiger partial charge in [-0.05, 0) is 75.3 Å². The highest BCUT2D eigenvalue weighted by molar-refractivity contribution is 6.11. The van der Waals surface area contributed by atoms with E-state index in [1.165, 1.54) is 10.8 Å². The fourth-order valence-electron chi connectivity index (χ4n) is 6.97. The minimum absolute atomic E-state index is 0.513. The highest BCUT2D eigenvalue weighted by atomic mass is 16.3. The zero-order chi connectivity index (χ0) is 33.6. The van der Waals surface area contributed by atoms with Crippen LogP contribution in [0.2, 0.25) is 0 Å². The van der Waals surface area contributed by atoms with Crippen molar-refractivity contribution in [2.75, 3.05) is 0 Å². The Morgan fingerprint density at radius 2 is 1.08 bits per heavy atom. The number of aromatic nitrogens is 3. The molecule has 0 fully saturated rings. The lowest BCUT2D eigenvalue weighted by Crippen LogP contribution is -2.01. The summed E-state index contributed by atoms with van der Waals surface area (Å²) < 4.78 is 6.12. The molecule has 0 bridgehead atoms. The summed E-state index contributed by atoms with van der Waals surface area (Å²) in [5, 5.41) is 7.73. The summed E-state index contributed by atoms with van der Waals surface area (Å²) in [6.07, 6.45) is 4.03. The molecular formula is C45H30N4O. The molecule has 5 heteroatoms. The average molecular weight is 643 g/mol. The van der Waals surface area contributed by atoms with Crippen LogP contribution in [-0.2, 0) is 0 Å². The molecule has 9 aromatic rings. The standard InChI is InChI=1S/C45H30N4O/c1-3-11-39-41-37(19-10-21-40(41)50-45(39)46-2)35-17-8-18-36-34(35)16-9-20-38(36)44-48-42(32-24-22-28-12-4-6-14-30(28)26-32)47-43(49-44)33-25-23-29-13-5-7-15-31(29)27-33/h3-27H,2H2,1H3/b11-3-. The van der Waals surface area contributed by atoms with E-state index in [9.17, 15) is 0 Å². The Balaban J connectivity index is 1.28. The second kappa shape index (κ2) is 12.1. The maximum atomic E-state index is 6.12. The lowest BCUT2D eigenvalue weighted by molar-refractivity contribution is 0.626. The van der Waals surface area contributed by atoms with E-state index in [1.807, 2.05) is 31.2 Å². The van der Waals surface area contributed by atoms with E-state index >= 15 is 0 Å². The number of benzene rings is 7. The van der Waals surface area contributed by atoms with Crippen LogP contribution in [0.1, 0.15) is 12.5 Å². The summed E-state index contributed by atoms with van der Waals surface area (Å²) in [4.78, 5) is 19.6. The summed E-state index contributed by atoms with van der Waals surface area (Å²) in [5.74, 6) is 2.38. The van der Waals surface area contributed by atoms with Crippen LogP contribution in [0.4, 0.5) is 5.88 Å². The summed E-state index contributed by atoms with van der Waals surface area (Å²) in [6.45, 7) is 5.75. The third-order valence-corrected chi connectivity index (χ3v) is 9.31. The second-order valence-electron chi connectivity index (χ2n) is 12.3. The molecule has 9 rings (SSSR count). The Kier molecular flexibility index (Phi) is 7.10. The first-order chi connectivity index (χ1) is 24.7. The zero-order valence-electron chi connectivity index (χ0n) is 27.3. The van der Waals surface area contributed by atoms with E-state index < -0.39 is 0 Å². The van der Waals surface area contributed by atoms with Crippen LogP contribution in [0.3, 0.4) is 0 Å². The minimum Gasteiger partial charge on any atom is -0.438 e. The molecule has 0 aliphatic carbocycles. The van der Waals surface area contributed by atoms with Crippen LogP contribution in [0.25, 0.3) is 94.7 Å². The largest absolute Gasteiger partial charge is 0.438 e. The minimum atomic E-state index is 0.513. The molecule has 0 saturated heterocycles. The smallest absolute Gasteiger partial charge is 0.226 e. The molecule has 0 N–H and O–H groups in total. The number of rotatable bonds is 6. The van der Waals surface area contributed by atoms with Gasteiger partial charge >= 0.3 is 0 Å². The van der Waals surface area contributed by atoms with Crippen LogP contribution in [-0.4, -0.2) is 21.7 Å². The summed E-state index contributed by atoms with van der Waals surface area (Å²) in [6, 6.07) is 48.3. The van der Waals surface area contributed by atoms with Crippen molar-refractivity contribution in [1.29, 1.82) is 0 Å². The maximum Gasteiger partial charge on any atom is 0.226 e. The van der Waals surface area contributed by atoms with Gasteiger partial charge < -0.3 is 4.42 Å². The molecule has 2 aromatic heterocycles. The molecule has 5 nitrogen and oxygen atoms in total. The summed E-state index contributed by atoms with van der Waals surface area (Å²) in [7, 11) is 0. The van der Waals surface area contributed by atoms with E-state index in [2.05, 4.69) is 139 Å². The van der Waals surface area contributed by atoms with Gasteiger partial charge in [-0.1, -0.05) is 133 Å². The molecule has 0 aliphatic heterocycles. The number of hydrogen-bond donors (Lipinski definition) is 0. The van der Waals surface area contributed by atoms with Crippen LogP contribution < -0.4 is 0 Å². The molecule has 0 atom stereocenters. The Labute approximate surface area is 289 Å². The van der Waals surface area contributed by atoms with Crippen molar-refractivity contribution >= 4 is 62.0 Å². The molecule has 0 saturated carbocycles. The van der Waals surface area contributed by atoms with Crippen molar-refractivity contribution in [2.24, 2.45) is 4.99 Å². The normalized spacial score (nSPS) is 11.7.